The second-order valence-corrected chi connectivity index (χ2v) is 8.61. The molecule has 0 unspecified atom stereocenters. The maximum absolute atomic E-state index is 13.0. The van der Waals surface area contributed by atoms with Crippen LogP contribution >= 0.6 is 0 Å². The van der Waals surface area contributed by atoms with Gasteiger partial charge in [0.25, 0.3) is 11.5 Å². The molecule has 0 saturated carbocycles. The number of carbonyl (C=O) groups excluding carboxylic acids is 2. The van der Waals surface area contributed by atoms with Gasteiger partial charge in [-0.15, -0.1) is 0 Å². The van der Waals surface area contributed by atoms with Gasteiger partial charge in [0.15, 0.2) is 6.61 Å². The van der Waals surface area contributed by atoms with Crippen LogP contribution in [0.4, 0.5) is 5.69 Å². The number of rotatable bonds is 7. The molecule has 10 heteroatoms. The fourth-order valence-corrected chi connectivity index (χ4v) is 4.12. The standard InChI is InChI=1S/C28H25N5O5/c1-17-25(27(35)33(32(17)2)20-7-5-4-6-8-20)31-24(34)16-38-28(36)19-11-14-22-23(15-19)30-26(29-22)18-9-12-21(37-3)13-10-18/h4-15H,16H2,1-3H3,(H,29,30)(H,31,34). The molecule has 2 aromatic heterocycles. The summed E-state index contributed by atoms with van der Waals surface area (Å²) in [6.07, 6.45) is 0. The number of ether oxygens (including phenoxy) is 2. The molecule has 3 aromatic carbocycles. The third-order valence-corrected chi connectivity index (χ3v) is 6.23. The number of fused-ring (bicyclic) bond motifs is 1. The summed E-state index contributed by atoms with van der Waals surface area (Å²) in [6, 6.07) is 21.4. The SMILES string of the molecule is COc1ccc(-c2nc3ccc(C(=O)OCC(=O)Nc4c(C)n(C)n(-c5ccccc5)c4=O)cc3[nH]2)cc1. The fourth-order valence-electron chi connectivity index (χ4n) is 4.12. The average Bonchev–Trinajstić information content (AvgIpc) is 3.46. The Labute approximate surface area is 217 Å². The number of hydrogen-bond acceptors (Lipinski definition) is 6. The number of benzene rings is 3. The zero-order chi connectivity index (χ0) is 26.8. The number of anilines is 1. The minimum absolute atomic E-state index is 0.127. The zero-order valence-electron chi connectivity index (χ0n) is 21.0. The number of esters is 1. The van der Waals surface area contributed by atoms with E-state index in [1.54, 1.807) is 56.1 Å². The summed E-state index contributed by atoms with van der Waals surface area (Å²) in [5.74, 6) is 0.0954. The van der Waals surface area contributed by atoms with Gasteiger partial charge in [-0.05, 0) is 61.5 Å². The van der Waals surface area contributed by atoms with E-state index in [-0.39, 0.29) is 16.8 Å². The zero-order valence-corrected chi connectivity index (χ0v) is 21.0. The van der Waals surface area contributed by atoms with Crippen LogP contribution in [0.2, 0.25) is 0 Å². The first-order valence-corrected chi connectivity index (χ1v) is 11.8. The summed E-state index contributed by atoms with van der Waals surface area (Å²) in [6.45, 7) is 1.18. The number of H-pyrrole nitrogens is 1. The summed E-state index contributed by atoms with van der Waals surface area (Å²) in [5, 5.41) is 2.58. The van der Waals surface area contributed by atoms with Gasteiger partial charge in [0.1, 0.15) is 17.3 Å². The molecule has 0 atom stereocenters. The number of imidazole rings is 1. The first kappa shape index (κ1) is 24.6. The number of aromatic nitrogens is 4. The van der Waals surface area contributed by atoms with Crippen LogP contribution < -0.4 is 15.6 Å². The molecule has 0 aliphatic carbocycles. The molecule has 0 spiro atoms. The van der Waals surface area contributed by atoms with Gasteiger partial charge in [0.05, 0.1) is 35.1 Å². The monoisotopic (exact) mass is 511 g/mol. The lowest BCUT2D eigenvalue weighted by Crippen LogP contribution is -2.25. The highest BCUT2D eigenvalue weighted by Crippen LogP contribution is 2.23. The molecule has 2 heterocycles. The van der Waals surface area contributed by atoms with E-state index in [2.05, 4.69) is 15.3 Å². The quantitative estimate of drug-likeness (QED) is 0.321. The Morgan fingerprint density at radius 2 is 1.76 bits per heavy atom. The maximum Gasteiger partial charge on any atom is 0.338 e. The number of aromatic amines is 1. The molecule has 2 N–H and O–H groups in total. The molecule has 10 nitrogen and oxygen atoms in total. The molecule has 0 saturated heterocycles. The van der Waals surface area contributed by atoms with E-state index in [0.717, 1.165) is 11.3 Å². The van der Waals surface area contributed by atoms with Crippen LogP contribution in [-0.2, 0) is 16.6 Å². The van der Waals surface area contributed by atoms with Crippen molar-refractivity contribution in [1.29, 1.82) is 0 Å². The van der Waals surface area contributed by atoms with E-state index in [1.165, 1.54) is 4.68 Å². The minimum Gasteiger partial charge on any atom is -0.497 e. The number of carbonyl (C=O) groups is 2. The highest BCUT2D eigenvalue weighted by Gasteiger charge is 2.19. The maximum atomic E-state index is 13.0. The Bertz CT molecular complexity index is 1700. The fraction of sp³-hybridized carbons (Fsp3) is 0.143. The molecule has 0 bridgehead atoms. The molecule has 1 amide bonds. The van der Waals surface area contributed by atoms with Crippen molar-refractivity contribution in [2.45, 2.75) is 6.92 Å². The number of methoxy groups -OCH3 is 1. The Morgan fingerprint density at radius 3 is 2.47 bits per heavy atom. The first-order valence-electron chi connectivity index (χ1n) is 11.8. The predicted octanol–water partition coefficient (Wildman–Crippen LogP) is 3.83. The summed E-state index contributed by atoms with van der Waals surface area (Å²) in [4.78, 5) is 45.9. The highest BCUT2D eigenvalue weighted by molar-refractivity contribution is 5.97. The number of nitrogens with one attached hydrogen (secondary N) is 2. The molecule has 38 heavy (non-hydrogen) atoms. The Hall–Kier alpha value is -5.12. The smallest absolute Gasteiger partial charge is 0.338 e. The molecule has 0 radical (unpaired) electrons. The van der Waals surface area contributed by atoms with Crippen LogP contribution in [0.15, 0.2) is 77.6 Å². The first-order chi connectivity index (χ1) is 18.4. The third kappa shape index (κ3) is 4.66. The Kier molecular flexibility index (Phi) is 6.53. The van der Waals surface area contributed by atoms with Gasteiger partial charge < -0.3 is 19.8 Å². The molecule has 5 rings (SSSR count). The number of amides is 1. The highest BCUT2D eigenvalue weighted by atomic mass is 16.5. The summed E-state index contributed by atoms with van der Waals surface area (Å²) in [7, 11) is 3.33. The van der Waals surface area contributed by atoms with E-state index in [4.69, 9.17) is 9.47 Å². The lowest BCUT2D eigenvalue weighted by Gasteiger charge is -2.07. The van der Waals surface area contributed by atoms with Crippen molar-refractivity contribution in [1.82, 2.24) is 19.3 Å². The summed E-state index contributed by atoms with van der Waals surface area (Å²) >= 11 is 0. The molecule has 5 aromatic rings. The van der Waals surface area contributed by atoms with Crippen LogP contribution in [0, 0.1) is 6.92 Å². The van der Waals surface area contributed by atoms with Crippen molar-refractivity contribution < 1.29 is 19.1 Å². The van der Waals surface area contributed by atoms with Gasteiger partial charge in [-0.2, -0.15) is 0 Å². The van der Waals surface area contributed by atoms with E-state index >= 15 is 0 Å². The molecule has 0 fully saturated rings. The predicted molar refractivity (Wildman–Crippen MR) is 143 cm³/mol. The third-order valence-electron chi connectivity index (χ3n) is 6.23. The van der Waals surface area contributed by atoms with Crippen molar-refractivity contribution >= 4 is 28.6 Å². The van der Waals surface area contributed by atoms with Gasteiger partial charge in [-0.25, -0.2) is 14.5 Å². The van der Waals surface area contributed by atoms with Crippen LogP contribution in [-0.4, -0.2) is 44.9 Å². The molecule has 0 aliphatic heterocycles. The van der Waals surface area contributed by atoms with Gasteiger partial charge in [0, 0.05) is 12.6 Å². The van der Waals surface area contributed by atoms with Gasteiger partial charge in [-0.3, -0.25) is 14.3 Å². The van der Waals surface area contributed by atoms with E-state index < -0.39 is 18.5 Å². The topological polar surface area (TPSA) is 120 Å². The summed E-state index contributed by atoms with van der Waals surface area (Å²) < 4.78 is 13.5. The van der Waals surface area contributed by atoms with Crippen LogP contribution in [0.5, 0.6) is 5.75 Å². The second kappa shape index (κ2) is 10.1. The van der Waals surface area contributed by atoms with Crippen LogP contribution in [0.3, 0.4) is 0 Å². The Balaban J connectivity index is 1.26. The average molecular weight is 512 g/mol. The van der Waals surface area contributed by atoms with Gasteiger partial charge >= 0.3 is 5.97 Å². The van der Waals surface area contributed by atoms with E-state index in [9.17, 15) is 14.4 Å². The van der Waals surface area contributed by atoms with Crippen molar-refractivity contribution in [3.8, 4) is 22.8 Å². The van der Waals surface area contributed by atoms with E-state index in [1.807, 2.05) is 42.5 Å². The van der Waals surface area contributed by atoms with Gasteiger partial charge in [0.2, 0.25) is 0 Å². The van der Waals surface area contributed by atoms with Crippen molar-refractivity contribution in [2.24, 2.45) is 7.05 Å². The lowest BCUT2D eigenvalue weighted by molar-refractivity contribution is -0.119. The van der Waals surface area contributed by atoms with Crippen molar-refractivity contribution in [2.75, 3.05) is 19.0 Å². The van der Waals surface area contributed by atoms with Crippen molar-refractivity contribution in [3.05, 3.63) is 94.4 Å². The van der Waals surface area contributed by atoms with Crippen molar-refractivity contribution in [3.63, 3.8) is 0 Å². The summed E-state index contributed by atoms with van der Waals surface area (Å²) in [5.41, 5.74) is 3.43. The molecular formula is C28H25N5O5. The number of hydrogen-bond donors (Lipinski definition) is 2. The Morgan fingerprint density at radius 1 is 1.03 bits per heavy atom. The van der Waals surface area contributed by atoms with Crippen LogP contribution in [0.25, 0.3) is 28.1 Å². The lowest BCUT2D eigenvalue weighted by atomic mass is 10.2. The second-order valence-electron chi connectivity index (χ2n) is 8.61. The van der Waals surface area contributed by atoms with Crippen LogP contribution in [0.1, 0.15) is 16.1 Å². The van der Waals surface area contributed by atoms with Gasteiger partial charge in [-0.1, -0.05) is 18.2 Å². The minimum atomic E-state index is -0.672. The van der Waals surface area contributed by atoms with E-state index in [0.29, 0.717) is 28.2 Å². The normalized spacial score (nSPS) is 10.9. The largest absolute Gasteiger partial charge is 0.497 e. The number of para-hydroxylation sites is 1. The molecule has 0 aliphatic rings. The molecular weight excluding hydrogens is 486 g/mol. The molecule has 192 valence electrons. The number of nitrogens with zero attached hydrogens (tertiary/aromatic N) is 3.